The standard InChI is InChI=1S/C16H16ClN3O2S/c1-9-4-5-10(2)14-13(9)19-15(23-14)18-12-7-6-11(20(21)22)8-16(12,3)17/h4-8,12H,1-3H3,(H,18,19). The molecule has 0 saturated carbocycles. The molecule has 5 nitrogen and oxygen atoms in total. The zero-order valence-corrected chi connectivity index (χ0v) is 14.5. The third-order valence-electron chi connectivity index (χ3n) is 3.93. The molecular weight excluding hydrogens is 334 g/mol. The van der Waals surface area contributed by atoms with E-state index in [0.29, 0.717) is 0 Å². The quantitative estimate of drug-likeness (QED) is 0.506. The van der Waals surface area contributed by atoms with Crippen LogP contribution in [-0.2, 0) is 0 Å². The van der Waals surface area contributed by atoms with E-state index in [1.807, 2.05) is 6.92 Å². The number of alkyl halides is 1. The lowest BCUT2D eigenvalue weighted by molar-refractivity contribution is -0.419. The van der Waals surface area contributed by atoms with Crippen molar-refractivity contribution in [1.29, 1.82) is 0 Å². The maximum Gasteiger partial charge on any atom is 0.267 e. The van der Waals surface area contributed by atoms with Gasteiger partial charge in [-0.1, -0.05) is 29.5 Å². The summed E-state index contributed by atoms with van der Waals surface area (Å²) in [7, 11) is 0. The minimum absolute atomic E-state index is 0.0107. The number of aryl methyl sites for hydroxylation is 2. The second-order valence-corrected chi connectivity index (χ2v) is 7.67. The maximum atomic E-state index is 10.9. The first-order valence-corrected chi connectivity index (χ1v) is 8.35. The van der Waals surface area contributed by atoms with Crippen molar-refractivity contribution < 1.29 is 4.92 Å². The number of fused-ring (bicyclic) bond motifs is 1. The second kappa shape index (κ2) is 5.62. The van der Waals surface area contributed by atoms with Crippen LogP contribution in [0.5, 0.6) is 0 Å². The fraction of sp³-hybridized carbons (Fsp3) is 0.312. The molecule has 1 heterocycles. The molecule has 2 aromatic rings. The molecule has 3 rings (SSSR count). The number of allylic oxidation sites excluding steroid dienone is 1. The predicted molar refractivity (Wildman–Crippen MR) is 95.0 cm³/mol. The Labute approximate surface area is 142 Å². The molecular formula is C16H16ClN3O2S. The Morgan fingerprint density at radius 2 is 2.09 bits per heavy atom. The van der Waals surface area contributed by atoms with Crippen LogP contribution < -0.4 is 5.32 Å². The first kappa shape index (κ1) is 16.0. The van der Waals surface area contributed by atoms with Crippen molar-refractivity contribution in [3.05, 3.63) is 57.3 Å². The van der Waals surface area contributed by atoms with E-state index in [-0.39, 0.29) is 11.7 Å². The van der Waals surface area contributed by atoms with Gasteiger partial charge >= 0.3 is 0 Å². The fourth-order valence-corrected chi connectivity index (χ4v) is 3.85. The number of thiazole rings is 1. The summed E-state index contributed by atoms with van der Waals surface area (Å²) in [5, 5.41) is 15.0. The lowest BCUT2D eigenvalue weighted by Gasteiger charge is -2.29. The van der Waals surface area contributed by atoms with Crippen LogP contribution in [-0.4, -0.2) is 20.8 Å². The van der Waals surface area contributed by atoms with Crippen molar-refractivity contribution in [2.24, 2.45) is 0 Å². The second-order valence-electron chi connectivity index (χ2n) is 5.85. The molecule has 0 saturated heterocycles. The van der Waals surface area contributed by atoms with Crippen LogP contribution in [0, 0.1) is 24.0 Å². The number of halogens is 1. The summed E-state index contributed by atoms with van der Waals surface area (Å²) in [5.41, 5.74) is 3.30. The highest BCUT2D eigenvalue weighted by molar-refractivity contribution is 7.22. The molecule has 2 atom stereocenters. The average Bonchev–Trinajstić information content (AvgIpc) is 2.90. The molecule has 1 aliphatic rings. The van der Waals surface area contributed by atoms with Crippen LogP contribution in [0.2, 0.25) is 0 Å². The summed E-state index contributed by atoms with van der Waals surface area (Å²) in [6.45, 7) is 5.84. The Hall–Kier alpha value is -1.92. The number of nitro groups is 1. The topological polar surface area (TPSA) is 68.1 Å². The average molecular weight is 350 g/mol. The van der Waals surface area contributed by atoms with Gasteiger partial charge in [0, 0.05) is 12.2 Å². The van der Waals surface area contributed by atoms with E-state index in [9.17, 15) is 10.1 Å². The summed E-state index contributed by atoms with van der Waals surface area (Å²) in [4.78, 5) is 14.2. The number of anilines is 1. The van der Waals surface area contributed by atoms with Gasteiger partial charge in [-0.3, -0.25) is 10.1 Å². The Kier molecular flexibility index (Phi) is 3.90. The number of benzene rings is 1. The molecule has 0 aliphatic heterocycles. The maximum absolute atomic E-state index is 10.9. The molecule has 1 aromatic carbocycles. The molecule has 23 heavy (non-hydrogen) atoms. The fourth-order valence-electron chi connectivity index (χ4n) is 2.57. The van der Waals surface area contributed by atoms with Crippen molar-refractivity contribution in [2.45, 2.75) is 31.7 Å². The Morgan fingerprint density at radius 3 is 2.70 bits per heavy atom. The van der Waals surface area contributed by atoms with Crippen LogP contribution in [0.3, 0.4) is 0 Å². The predicted octanol–water partition coefficient (Wildman–Crippen LogP) is 4.42. The van der Waals surface area contributed by atoms with Crippen molar-refractivity contribution in [3.63, 3.8) is 0 Å². The molecule has 0 radical (unpaired) electrons. The summed E-state index contributed by atoms with van der Waals surface area (Å²) in [6.07, 6.45) is 4.67. The van der Waals surface area contributed by atoms with Gasteiger partial charge in [0.05, 0.1) is 26.1 Å². The zero-order valence-electron chi connectivity index (χ0n) is 13.0. The van der Waals surface area contributed by atoms with E-state index in [2.05, 4.69) is 29.4 Å². The highest BCUT2D eigenvalue weighted by Gasteiger charge is 2.35. The highest BCUT2D eigenvalue weighted by atomic mass is 35.5. The summed E-state index contributed by atoms with van der Waals surface area (Å²) >= 11 is 8.04. The van der Waals surface area contributed by atoms with E-state index in [1.54, 1.807) is 24.3 Å². The smallest absolute Gasteiger partial charge is 0.267 e. The van der Waals surface area contributed by atoms with Crippen molar-refractivity contribution >= 4 is 38.3 Å². The number of hydrogen-bond donors (Lipinski definition) is 1. The highest BCUT2D eigenvalue weighted by Crippen LogP contribution is 2.35. The molecule has 0 spiro atoms. The van der Waals surface area contributed by atoms with E-state index >= 15 is 0 Å². The zero-order chi connectivity index (χ0) is 16.8. The minimum Gasteiger partial charge on any atom is -0.353 e. The number of nitrogens with one attached hydrogen (secondary N) is 1. The van der Waals surface area contributed by atoms with Gasteiger partial charge in [0.1, 0.15) is 0 Å². The van der Waals surface area contributed by atoms with Crippen LogP contribution in [0.25, 0.3) is 10.2 Å². The SMILES string of the molecule is Cc1ccc(C)c2sc(NC3C=CC([N+](=O)[O-])=CC3(C)Cl)nc12. The Morgan fingerprint density at radius 1 is 1.39 bits per heavy atom. The molecule has 1 aliphatic carbocycles. The van der Waals surface area contributed by atoms with Crippen LogP contribution in [0.4, 0.5) is 5.13 Å². The molecule has 2 unspecified atom stereocenters. The normalized spacial score (nSPS) is 23.8. The lowest BCUT2D eigenvalue weighted by atomic mass is 9.95. The summed E-state index contributed by atoms with van der Waals surface area (Å²) < 4.78 is 1.14. The molecule has 1 N–H and O–H groups in total. The number of nitrogens with zero attached hydrogens (tertiary/aromatic N) is 2. The Balaban J connectivity index is 1.91. The number of aromatic nitrogens is 1. The lowest BCUT2D eigenvalue weighted by Crippen LogP contribution is -2.39. The summed E-state index contributed by atoms with van der Waals surface area (Å²) in [5.74, 6) is 0. The van der Waals surface area contributed by atoms with Crippen LogP contribution in [0.15, 0.2) is 36.1 Å². The van der Waals surface area contributed by atoms with Gasteiger partial charge < -0.3 is 5.32 Å². The van der Waals surface area contributed by atoms with Gasteiger partial charge in [-0.15, -0.1) is 11.6 Å². The molecule has 0 amide bonds. The van der Waals surface area contributed by atoms with E-state index in [4.69, 9.17) is 11.6 Å². The third kappa shape index (κ3) is 2.96. The number of rotatable bonds is 3. The monoisotopic (exact) mass is 349 g/mol. The van der Waals surface area contributed by atoms with E-state index < -0.39 is 9.80 Å². The van der Waals surface area contributed by atoms with Gasteiger partial charge in [-0.25, -0.2) is 4.98 Å². The largest absolute Gasteiger partial charge is 0.353 e. The molecule has 0 fully saturated rings. The molecule has 120 valence electrons. The van der Waals surface area contributed by atoms with E-state index in [0.717, 1.165) is 20.9 Å². The first-order valence-electron chi connectivity index (χ1n) is 7.15. The van der Waals surface area contributed by atoms with E-state index in [1.165, 1.54) is 17.7 Å². The van der Waals surface area contributed by atoms with Crippen molar-refractivity contribution in [2.75, 3.05) is 5.32 Å². The van der Waals surface area contributed by atoms with Gasteiger partial charge in [0.25, 0.3) is 5.70 Å². The molecule has 1 aromatic heterocycles. The van der Waals surface area contributed by atoms with Gasteiger partial charge in [-0.2, -0.15) is 0 Å². The number of hydrogen-bond acceptors (Lipinski definition) is 5. The van der Waals surface area contributed by atoms with Gasteiger partial charge in [0.15, 0.2) is 5.13 Å². The molecule has 7 heteroatoms. The van der Waals surface area contributed by atoms with Crippen molar-refractivity contribution in [3.8, 4) is 0 Å². The summed E-state index contributed by atoms with van der Waals surface area (Å²) in [6, 6.07) is 3.87. The minimum atomic E-state index is -0.890. The van der Waals surface area contributed by atoms with Crippen LogP contribution in [0.1, 0.15) is 18.1 Å². The van der Waals surface area contributed by atoms with Crippen LogP contribution >= 0.6 is 22.9 Å². The molecule has 0 bridgehead atoms. The third-order valence-corrected chi connectivity index (χ3v) is 5.40. The first-order chi connectivity index (χ1) is 10.8. The van der Waals surface area contributed by atoms with Gasteiger partial charge in [0.2, 0.25) is 0 Å². The van der Waals surface area contributed by atoms with Gasteiger partial charge in [-0.05, 0) is 31.9 Å². The Bertz CT molecular complexity index is 815. The van der Waals surface area contributed by atoms with Crippen molar-refractivity contribution in [1.82, 2.24) is 4.98 Å².